The summed E-state index contributed by atoms with van der Waals surface area (Å²) in [5.41, 5.74) is 5.96. The van der Waals surface area contributed by atoms with Gasteiger partial charge in [-0.3, -0.25) is 9.69 Å². The maximum atomic E-state index is 12.2. The molecule has 0 radical (unpaired) electrons. The Labute approximate surface area is 117 Å². The Kier molecular flexibility index (Phi) is 5.22. The molecule has 4 nitrogen and oxygen atoms in total. The number of nitrogens with zero attached hydrogens (tertiary/aromatic N) is 1. The number of nitrogens with one attached hydrogen (secondary N) is 1. The first kappa shape index (κ1) is 14.8. The van der Waals surface area contributed by atoms with Crippen LogP contribution in [0.15, 0.2) is 0 Å². The smallest absolute Gasteiger partial charge is 0.237 e. The SMILES string of the molecule is CC(N)C1CCN(C(C)C(=O)NC2CCCC2)CC1. The lowest BCUT2D eigenvalue weighted by Crippen LogP contribution is -2.51. The quantitative estimate of drug-likeness (QED) is 0.811. The van der Waals surface area contributed by atoms with Crippen molar-refractivity contribution >= 4 is 5.91 Å². The fraction of sp³-hybridized carbons (Fsp3) is 0.933. The highest BCUT2D eigenvalue weighted by molar-refractivity contribution is 5.81. The van der Waals surface area contributed by atoms with Gasteiger partial charge in [-0.2, -0.15) is 0 Å². The Hall–Kier alpha value is -0.610. The van der Waals surface area contributed by atoms with Gasteiger partial charge in [0.15, 0.2) is 0 Å². The van der Waals surface area contributed by atoms with Crippen LogP contribution in [0.1, 0.15) is 52.4 Å². The molecule has 2 unspecified atom stereocenters. The molecular formula is C15H29N3O. The summed E-state index contributed by atoms with van der Waals surface area (Å²) in [6.07, 6.45) is 7.09. The van der Waals surface area contributed by atoms with Crippen LogP contribution in [0, 0.1) is 5.92 Å². The van der Waals surface area contributed by atoms with Crippen molar-refractivity contribution in [2.45, 2.75) is 70.5 Å². The van der Waals surface area contributed by atoms with Crippen LogP contribution in [0.25, 0.3) is 0 Å². The number of nitrogens with two attached hydrogens (primary N) is 1. The Morgan fingerprint density at radius 2 is 1.74 bits per heavy atom. The monoisotopic (exact) mass is 267 g/mol. The third-order valence-corrected chi connectivity index (χ3v) is 4.95. The Morgan fingerprint density at radius 3 is 2.26 bits per heavy atom. The second kappa shape index (κ2) is 6.71. The van der Waals surface area contributed by atoms with E-state index in [1.54, 1.807) is 0 Å². The Morgan fingerprint density at radius 1 is 1.16 bits per heavy atom. The Balaban J connectivity index is 1.76. The maximum Gasteiger partial charge on any atom is 0.237 e. The molecule has 0 spiro atoms. The molecule has 0 aromatic rings. The van der Waals surface area contributed by atoms with Crippen LogP contribution in [-0.2, 0) is 4.79 Å². The first-order valence-corrected chi connectivity index (χ1v) is 7.88. The van der Waals surface area contributed by atoms with Crippen molar-refractivity contribution in [2.75, 3.05) is 13.1 Å². The first-order chi connectivity index (χ1) is 9.08. The van der Waals surface area contributed by atoms with Gasteiger partial charge in [-0.05, 0) is 58.5 Å². The summed E-state index contributed by atoms with van der Waals surface area (Å²) in [4.78, 5) is 14.5. The van der Waals surface area contributed by atoms with E-state index < -0.39 is 0 Å². The van der Waals surface area contributed by atoms with Crippen molar-refractivity contribution < 1.29 is 4.79 Å². The second-order valence-corrected chi connectivity index (χ2v) is 6.40. The molecule has 1 aliphatic carbocycles. The lowest BCUT2D eigenvalue weighted by Gasteiger charge is -2.37. The van der Waals surface area contributed by atoms with Crippen LogP contribution >= 0.6 is 0 Å². The van der Waals surface area contributed by atoms with Gasteiger partial charge in [0.25, 0.3) is 0 Å². The summed E-state index contributed by atoms with van der Waals surface area (Å²) in [6, 6.07) is 0.718. The van der Waals surface area contributed by atoms with Crippen molar-refractivity contribution in [2.24, 2.45) is 11.7 Å². The standard InChI is InChI=1S/C15H29N3O/c1-11(16)13-7-9-18(10-8-13)12(2)15(19)17-14-5-3-4-6-14/h11-14H,3-10,16H2,1-2H3,(H,17,19). The van der Waals surface area contributed by atoms with Gasteiger partial charge in [-0.1, -0.05) is 12.8 Å². The number of carbonyl (C=O) groups excluding carboxylic acids is 1. The molecule has 1 heterocycles. The van der Waals surface area contributed by atoms with Crippen LogP contribution in [-0.4, -0.2) is 42.0 Å². The average molecular weight is 267 g/mol. The van der Waals surface area contributed by atoms with Crippen molar-refractivity contribution in [1.82, 2.24) is 10.2 Å². The highest BCUT2D eigenvalue weighted by atomic mass is 16.2. The summed E-state index contributed by atoms with van der Waals surface area (Å²) < 4.78 is 0. The molecule has 2 rings (SSSR count). The van der Waals surface area contributed by atoms with Crippen molar-refractivity contribution in [1.29, 1.82) is 0 Å². The van der Waals surface area contributed by atoms with Crippen LogP contribution in [0.2, 0.25) is 0 Å². The molecule has 1 saturated heterocycles. The number of piperidine rings is 1. The minimum atomic E-state index is 0.00892. The maximum absolute atomic E-state index is 12.2. The fourth-order valence-corrected chi connectivity index (χ4v) is 3.39. The summed E-state index contributed by atoms with van der Waals surface area (Å²) in [5.74, 6) is 0.840. The third-order valence-electron chi connectivity index (χ3n) is 4.95. The predicted octanol–water partition coefficient (Wildman–Crippen LogP) is 1.49. The third kappa shape index (κ3) is 3.93. The van der Waals surface area contributed by atoms with E-state index >= 15 is 0 Å². The molecule has 0 aromatic heterocycles. The molecule has 1 amide bonds. The van der Waals surface area contributed by atoms with Gasteiger partial charge in [-0.15, -0.1) is 0 Å². The zero-order valence-electron chi connectivity index (χ0n) is 12.4. The molecule has 1 saturated carbocycles. The largest absolute Gasteiger partial charge is 0.352 e. The summed E-state index contributed by atoms with van der Waals surface area (Å²) in [6.45, 7) is 6.14. The molecule has 4 heteroatoms. The second-order valence-electron chi connectivity index (χ2n) is 6.40. The number of hydrogen-bond acceptors (Lipinski definition) is 3. The molecule has 0 aromatic carbocycles. The minimum Gasteiger partial charge on any atom is -0.352 e. The molecule has 2 fully saturated rings. The molecule has 2 atom stereocenters. The first-order valence-electron chi connectivity index (χ1n) is 7.88. The van der Waals surface area contributed by atoms with E-state index in [2.05, 4.69) is 17.1 Å². The molecular weight excluding hydrogens is 238 g/mol. The van der Waals surface area contributed by atoms with E-state index in [9.17, 15) is 4.79 Å². The number of rotatable bonds is 4. The molecule has 2 aliphatic rings. The molecule has 3 N–H and O–H groups in total. The van der Waals surface area contributed by atoms with E-state index in [1.807, 2.05) is 6.92 Å². The fourth-order valence-electron chi connectivity index (χ4n) is 3.39. The highest BCUT2D eigenvalue weighted by Crippen LogP contribution is 2.22. The van der Waals surface area contributed by atoms with Gasteiger partial charge < -0.3 is 11.1 Å². The van der Waals surface area contributed by atoms with Gasteiger partial charge in [0.1, 0.15) is 0 Å². The molecule has 0 bridgehead atoms. The number of likely N-dealkylation sites (tertiary alicyclic amines) is 1. The lowest BCUT2D eigenvalue weighted by molar-refractivity contribution is -0.127. The number of carbonyl (C=O) groups is 1. The van der Waals surface area contributed by atoms with Gasteiger partial charge in [0, 0.05) is 12.1 Å². The summed E-state index contributed by atoms with van der Waals surface area (Å²) >= 11 is 0. The lowest BCUT2D eigenvalue weighted by atomic mass is 9.90. The van der Waals surface area contributed by atoms with Crippen molar-refractivity contribution in [3.63, 3.8) is 0 Å². The minimum absolute atomic E-state index is 0.00892. The normalized spacial score (nSPS) is 26.3. The topological polar surface area (TPSA) is 58.4 Å². The van der Waals surface area contributed by atoms with Crippen LogP contribution < -0.4 is 11.1 Å². The highest BCUT2D eigenvalue weighted by Gasteiger charge is 2.29. The number of amides is 1. The average Bonchev–Trinajstić information content (AvgIpc) is 2.90. The van der Waals surface area contributed by atoms with E-state index in [-0.39, 0.29) is 18.0 Å². The van der Waals surface area contributed by atoms with Crippen LogP contribution in [0.3, 0.4) is 0 Å². The Bertz CT molecular complexity index is 292. The summed E-state index contributed by atoms with van der Waals surface area (Å²) in [7, 11) is 0. The van der Waals surface area contributed by atoms with E-state index in [1.165, 1.54) is 12.8 Å². The van der Waals surface area contributed by atoms with E-state index in [0.717, 1.165) is 38.8 Å². The molecule has 19 heavy (non-hydrogen) atoms. The molecule has 1 aliphatic heterocycles. The van der Waals surface area contributed by atoms with Crippen LogP contribution in [0.4, 0.5) is 0 Å². The number of hydrogen-bond donors (Lipinski definition) is 2. The molecule has 110 valence electrons. The van der Waals surface area contributed by atoms with Crippen LogP contribution in [0.5, 0.6) is 0 Å². The predicted molar refractivity (Wildman–Crippen MR) is 77.8 cm³/mol. The van der Waals surface area contributed by atoms with Crippen molar-refractivity contribution in [3.05, 3.63) is 0 Å². The van der Waals surface area contributed by atoms with Gasteiger partial charge in [0.05, 0.1) is 6.04 Å². The zero-order chi connectivity index (χ0) is 13.8. The zero-order valence-corrected chi connectivity index (χ0v) is 12.4. The van der Waals surface area contributed by atoms with Gasteiger partial charge in [0.2, 0.25) is 5.91 Å². The van der Waals surface area contributed by atoms with Crippen molar-refractivity contribution in [3.8, 4) is 0 Å². The van der Waals surface area contributed by atoms with E-state index in [4.69, 9.17) is 5.73 Å². The van der Waals surface area contributed by atoms with Gasteiger partial charge in [-0.25, -0.2) is 0 Å². The van der Waals surface area contributed by atoms with E-state index in [0.29, 0.717) is 12.0 Å². The van der Waals surface area contributed by atoms with Gasteiger partial charge >= 0.3 is 0 Å². The summed E-state index contributed by atoms with van der Waals surface area (Å²) in [5, 5.41) is 3.20.